The maximum Gasteiger partial charge on any atom is 0.338 e. The molecule has 7 bridgehead atoms. The molecule has 7 rings (SSSR count). The summed E-state index contributed by atoms with van der Waals surface area (Å²) in [7, 11) is 7.80. The third kappa shape index (κ3) is 3.56. The number of piperidine rings is 1. The fraction of sp³-hybridized carbons (Fsp3) is 0.788. The first kappa shape index (κ1) is 31.7. The first-order chi connectivity index (χ1) is 21.5. The number of carbonyl (C=O) groups excluding carboxylic acids is 1. The van der Waals surface area contributed by atoms with Crippen molar-refractivity contribution in [2.24, 2.45) is 34.5 Å². The molecule has 6 fully saturated rings. The molecule has 5 aliphatic carbocycles. The largest absolute Gasteiger partial charge is 0.497 e. The third-order valence-corrected chi connectivity index (χ3v) is 13.2. The Kier molecular flexibility index (Phi) is 7.45. The van der Waals surface area contributed by atoms with Crippen molar-refractivity contribution in [2.75, 3.05) is 55.2 Å². The Labute approximate surface area is 263 Å². The number of aliphatic hydroxyl groups is 4. The van der Waals surface area contributed by atoms with Crippen LogP contribution in [0.4, 0.5) is 0 Å². The fourth-order valence-electron chi connectivity index (χ4n) is 12.1. The summed E-state index contributed by atoms with van der Waals surface area (Å²) < 4.78 is 35.8. The number of carbonyl (C=O) groups is 1. The maximum absolute atomic E-state index is 13.7. The van der Waals surface area contributed by atoms with E-state index in [1.165, 1.54) is 14.2 Å². The molecule has 1 aromatic rings. The summed E-state index contributed by atoms with van der Waals surface area (Å²) in [6.07, 6.45) is -5.43. The average molecular weight is 634 g/mol. The normalized spacial score (nSPS) is 50.8. The Morgan fingerprint density at radius 1 is 0.978 bits per heavy atom. The van der Waals surface area contributed by atoms with E-state index in [1.54, 1.807) is 45.6 Å². The molecule has 0 aromatic heterocycles. The van der Waals surface area contributed by atoms with Gasteiger partial charge in [-0.3, -0.25) is 4.90 Å². The Bertz CT molecular complexity index is 1310. The van der Waals surface area contributed by atoms with Gasteiger partial charge < -0.3 is 48.8 Å². The van der Waals surface area contributed by atoms with Crippen LogP contribution < -0.4 is 4.74 Å². The first-order valence-electron chi connectivity index (χ1n) is 16.0. The van der Waals surface area contributed by atoms with Crippen LogP contribution in [-0.2, 0) is 23.7 Å². The number of methoxy groups -OCH3 is 5. The van der Waals surface area contributed by atoms with Gasteiger partial charge in [-0.15, -0.1) is 0 Å². The highest BCUT2D eigenvalue weighted by Gasteiger charge is 2.91. The van der Waals surface area contributed by atoms with E-state index >= 15 is 0 Å². The number of esters is 1. The standard InChI is InChI=1S/C33H47NO11/c1-7-34-14-30(15-40-2)19(35)12-20(42-4)32-18-13-31(38)27(45-29(37)16-8-10-17(41-3)11-9-16)21(18)33(39,26(36)28(31)44-6)22(25(32)34)23(43-5)24(30)32/h8-11,18-28,35-36,38-39H,7,12-15H2,1-6H3/t18-,19?,20+,21-,22+,23+,24-,25-,26+,27-,28+,30+,31+,32+,33-/m1/s1. The minimum Gasteiger partial charge on any atom is -0.497 e. The molecule has 5 saturated carbocycles. The lowest BCUT2D eigenvalue weighted by molar-refractivity contribution is -0.320. The van der Waals surface area contributed by atoms with E-state index in [9.17, 15) is 25.2 Å². The molecule has 4 N–H and O–H groups in total. The van der Waals surface area contributed by atoms with Crippen molar-refractivity contribution in [1.82, 2.24) is 4.90 Å². The second-order valence-electron chi connectivity index (χ2n) is 14.2. The SMILES string of the molecule is CCN1C[C@]2(COC)C(O)C[C@H](OC)[C@@]34[C@@H]5C[C@]6(O)[C@H](OC(=O)c7ccc(OC)cc7)[C@@H]5[C@@](O)([C@@H]([C@H](OC)[C@H]23)[C@@H]14)[C@@H](O)[C@@H]6OC. The van der Waals surface area contributed by atoms with Gasteiger partial charge in [0.25, 0.3) is 0 Å². The van der Waals surface area contributed by atoms with E-state index in [1.807, 2.05) is 6.92 Å². The van der Waals surface area contributed by atoms with Gasteiger partial charge in [-0.05, 0) is 43.1 Å². The van der Waals surface area contributed by atoms with Gasteiger partial charge in [0.15, 0.2) is 0 Å². The molecule has 15 atom stereocenters. The predicted octanol–water partition coefficient (Wildman–Crippen LogP) is 0.0859. The van der Waals surface area contributed by atoms with Gasteiger partial charge in [0.05, 0.1) is 37.6 Å². The number of ether oxygens (including phenoxy) is 6. The van der Waals surface area contributed by atoms with E-state index in [2.05, 4.69) is 4.90 Å². The highest BCUT2D eigenvalue weighted by atomic mass is 16.6. The molecule has 1 spiro atoms. The van der Waals surface area contributed by atoms with Crippen molar-refractivity contribution >= 4 is 5.97 Å². The lowest BCUT2D eigenvalue weighted by Crippen LogP contribution is -2.81. The predicted molar refractivity (Wildman–Crippen MR) is 157 cm³/mol. The zero-order valence-electron chi connectivity index (χ0n) is 26.8. The quantitative estimate of drug-likeness (QED) is 0.272. The van der Waals surface area contributed by atoms with Gasteiger partial charge >= 0.3 is 5.97 Å². The van der Waals surface area contributed by atoms with Crippen molar-refractivity contribution in [2.45, 2.75) is 73.6 Å². The second kappa shape index (κ2) is 10.6. The molecule has 1 aromatic carbocycles. The summed E-state index contributed by atoms with van der Waals surface area (Å²) >= 11 is 0. The zero-order valence-corrected chi connectivity index (χ0v) is 26.8. The number of hydrogen-bond donors (Lipinski definition) is 4. The molecular formula is C33H47NO11. The van der Waals surface area contributed by atoms with Gasteiger partial charge in [-0.1, -0.05) is 6.92 Å². The van der Waals surface area contributed by atoms with E-state index in [0.29, 0.717) is 25.3 Å². The van der Waals surface area contributed by atoms with Crippen LogP contribution in [0.2, 0.25) is 0 Å². The number of likely N-dealkylation sites (tertiary alicyclic amines) is 1. The minimum absolute atomic E-state index is 0.0861. The maximum atomic E-state index is 13.7. The second-order valence-corrected chi connectivity index (χ2v) is 14.2. The highest BCUT2D eigenvalue weighted by Crippen LogP contribution is 2.80. The Hall–Kier alpha value is -1.87. The van der Waals surface area contributed by atoms with Crippen molar-refractivity contribution in [1.29, 1.82) is 0 Å². The summed E-state index contributed by atoms with van der Waals surface area (Å²) in [5.41, 5.74) is -4.96. The molecule has 250 valence electrons. The molecule has 6 aliphatic rings. The van der Waals surface area contributed by atoms with E-state index in [0.717, 1.165) is 0 Å². The lowest BCUT2D eigenvalue weighted by atomic mass is 9.42. The van der Waals surface area contributed by atoms with Gasteiger partial charge in [-0.2, -0.15) is 0 Å². The van der Waals surface area contributed by atoms with Gasteiger partial charge in [-0.25, -0.2) is 4.79 Å². The van der Waals surface area contributed by atoms with Crippen LogP contribution >= 0.6 is 0 Å². The van der Waals surface area contributed by atoms with Crippen LogP contribution in [-0.4, -0.2) is 140 Å². The van der Waals surface area contributed by atoms with Crippen LogP contribution in [0.5, 0.6) is 5.75 Å². The van der Waals surface area contributed by atoms with Crippen LogP contribution in [0.15, 0.2) is 24.3 Å². The number of hydrogen-bond acceptors (Lipinski definition) is 12. The molecule has 1 saturated heterocycles. The Balaban J connectivity index is 1.45. The number of aliphatic hydroxyl groups excluding tert-OH is 2. The summed E-state index contributed by atoms with van der Waals surface area (Å²) in [5, 5.41) is 49.9. The summed E-state index contributed by atoms with van der Waals surface area (Å²) in [6.45, 7) is 3.43. The van der Waals surface area contributed by atoms with Gasteiger partial charge in [0, 0.05) is 76.0 Å². The summed E-state index contributed by atoms with van der Waals surface area (Å²) in [4.78, 5) is 16.0. The molecule has 45 heavy (non-hydrogen) atoms. The zero-order chi connectivity index (χ0) is 32.3. The van der Waals surface area contributed by atoms with Crippen molar-refractivity contribution in [3.63, 3.8) is 0 Å². The molecule has 12 heteroatoms. The summed E-state index contributed by atoms with van der Waals surface area (Å²) in [5.74, 6) is -2.50. The monoisotopic (exact) mass is 633 g/mol. The van der Waals surface area contributed by atoms with Gasteiger partial charge in [0.1, 0.15) is 35.3 Å². The smallest absolute Gasteiger partial charge is 0.338 e. The molecule has 1 unspecified atom stereocenters. The minimum atomic E-state index is -1.88. The van der Waals surface area contributed by atoms with E-state index < -0.39 is 82.4 Å². The number of rotatable bonds is 9. The molecule has 1 aliphatic heterocycles. The van der Waals surface area contributed by atoms with Crippen LogP contribution in [0, 0.1) is 34.5 Å². The van der Waals surface area contributed by atoms with Gasteiger partial charge in [0.2, 0.25) is 0 Å². The Morgan fingerprint density at radius 3 is 2.27 bits per heavy atom. The molecule has 1 heterocycles. The Morgan fingerprint density at radius 2 is 1.69 bits per heavy atom. The first-order valence-corrected chi connectivity index (χ1v) is 16.0. The molecule has 0 amide bonds. The number of fused-ring (bicyclic) bond motifs is 2. The topological polar surface area (TPSA) is 157 Å². The van der Waals surface area contributed by atoms with E-state index in [4.69, 9.17) is 28.4 Å². The van der Waals surface area contributed by atoms with Crippen molar-refractivity contribution in [3.05, 3.63) is 29.8 Å². The number of benzene rings is 1. The summed E-state index contributed by atoms with van der Waals surface area (Å²) in [6, 6.07) is 6.16. The third-order valence-electron chi connectivity index (χ3n) is 13.2. The van der Waals surface area contributed by atoms with Crippen molar-refractivity contribution in [3.8, 4) is 5.75 Å². The lowest BCUT2D eigenvalue weighted by Gasteiger charge is -2.70. The highest BCUT2D eigenvalue weighted by molar-refractivity contribution is 5.89. The van der Waals surface area contributed by atoms with Crippen LogP contribution in [0.1, 0.15) is 30.1 Å². The fourth-order valence-corrected chi connectivity index (χ4v) is 12.1. The van der Waals surface area contributed by atoms with Crippen LogP contribution in [0.25, 0.3) is 0 Å². The average Bonchev–Trinajstić information content (AvgIpc) is 3.42. The molecule has 0 radical (unpaired) electrons. The van der Waals surface area contributed by atoms with E-state index in [-0.39, 0.29) is 30.6 Å². The van der Waals surface area contributed by atoms with Crippen LogP contribution in [0.3, 0.4) is 0 Å². The molecular weight excluding hydrogens is 586 g/mol. The van der Waals surface area contributed by atoms with Crippen molar-refractivity contribution < 1.29 is 53.6 Å². The number of nitrogens with zero attached hydrogens (tertiary/aromatic N) is 1. The molecule has 12 nitrogen and oxygen atoms in total.